The molecule has 360 valence electrons. The van der Waals surface area contributed by atoms with Gasteiger partial charge in [0.15, 0.2) is 24.7 Å². The molecule has 5 heterocycles. The molecule has 5 saturated heterocycles. The largest absolute Gasteiger partial charge is 0.394 e. The molecule has 9 rings (SSSR count). The molecule has 1 spiro atoms. The summed E-state index contributed by atoms with van der Waals surface area (Å²) in [6.07, 6.45) is -15.1. The van der Waals surface area contributed by atoms with E-state index in [9.17, 15) is 51.1 Å². The lowest BCUT2D eigenvalue weighted by Crippen LogP contribution is -2.64. The third kappa shape index (κ3) is 7.53. The van der Waals surface area contributed by atoms with Crippen LogP contribution in [0.5, 0.6) is 0 Å². The molecule has 8 fully saturated rings. The third-order valence-corrected chi connectivity index (χ3v) is 17.9. The molecule has 0 aromatic carbocycles. The molecule has 10 N–H and O–H groups in total. The molecule has 18 nitrogen and oxygen atoms in total. The summed E-state index contributed by atoms with van der Waals surface area (Å²) in [7, 11) is 0. The van der Waals surface area contributed by atoms with Crippen molar-refractivity contribution in [3.8, 4) is 0 Å². The van der Waals surface area contributed by atoms with Crippen LogP contribution in [-0.4, -0.2) is 187 Å². The van der Waals surface area contributed by atoms with Crippen LogP contribution in [0.15, 0.2) is 11.6 Å². The predicted molar refractivity (Wildman–Crippen MR) is 216 cm³/mol. The van der Waals surface area contributed by atoms with Gasteiger partial charge in [-0.2, -0.15) is 0 Å². The minimum atomic E-state index is -1.66. The van der Waals surface area contributed by atoms with E-state index in [0.29, 0.717) is 31.8 Å². The summed E-state index contributed by atoms with van der Waals surface area (Å²) in [5.41, 5.74) is 0.477. The van der Waals surface area contributed by atoms with Gasteiger partial charge in [0.1, 0.15) is 61.0 Å². The van der Waals surface area contributed by atoms with E-state index in [1.165, 1.54) is 6.92 Å². The van der Waals surface area contributed by atoms with E-state index >= 15 is 0 Å². The highest BCUT2D eigenvalue weighted by atomic mass is 16.8. The number of allylic oxidation sites excluding steroid dienone is 1. The van der Waals surface area contributed by atoms with Gasteiger partial charge >= 0.3 is 0 Å². The zero-order chi connectivity index (χ0) is 45.2. The van der Waals surface area contributed by atoms with Crippen molar-refractivity contribution in [2.45, 2.75) is 209 Å². The smallest absolute Gasteiger partial charge is 0.187 e. The Bertz CT molecular complexity index is 1670. The number of fused-ring (bicyclic) bond motifs is 7. The molecule has 3 saturated carbocycles. The maximum Gasteiger partial charge on any atom is 0.187 e. The van der Waals surface area contributed by atoms with E-state index in [1.807, 2.05) is 6.92 Å². The highest BCUT2D eigenvalue weighted by Crippen LogP contribution is 2.71. The molecule has 0 aromatic rings. The van der Waals surface area contributed by atoms with Crippen molar-refractivity contribution < 1.29 is 89.0 Å². The molecule has 4 aliphatic carbocycles. The Hall–Kier alpha value is -0.980. The second-order valence-electron chi connectivity index (χ2n) is 21.2. The molecule has 0 amide bonds. The lowest BCUT2D eigenvalue weighted by molar-refractivity contribution is -0.371. The normalized spacial score (nSPS) is 59.3. The summed E-state index contributed by atoms with van der Waals surface area (Å²) in [4.78, 5) is 0. The fourth-order valence-corrected chi connectivity index (χ4v) is 14.1. The van der Waals surface area contributed by atoms with Crippen LogP contribution in [-0.2, 0) is 37.9 Å². The van der Waals surface area contributed by atoms with Crippen LogP contribution in [0.25, 0.3) is 0 Å². The summed E-state index contributed by atoms with van der Waals surface area (Å²) in [6, 6.07) is 0. The quantitative estimate of drug-likeness (QED) is 0.140. The van der Waals surface area contributed by atoms with Crippen LogP contribution >= 0.6 is 0 Å². The van der Waals surface area contributed by atoms with E-state index in [1.54, 1.807) is 6.92 Å². The van der Waals surface area contributed by atoms with Gasteiger partial charge in [-0.3, -0.25) is 0 Å². The highest BCUT2D eigenvalue weighted by molar-refractivity contribution is 5.29. The van der Waals surface area contributed by atoms with Gasteiger partial charge in [0.25, 0.3) is 0 Å². The molecular weight excluding hydrogens is 828 g/mol. The highest BCUT2D eigenvalue weighted by Gasteiger charge is 2.70. The molecule has 2 unspecified atom stereocenters. The zero-order valence-electron chi connectivity index (χ0n) is 37.1. The van der Waals surface area contributed by atoms with E-state index in [4.69, 9.17) is 37.9 Å². The number of hydrogen-bond acceptors (Lipinski definition) is 18. The van der Waals surface area contributed by atoms with Gasteiger partial charge in [0, 0.05) is 30.1 Å². The molecule has 0 bridgehead atoms. The second kappa shape index (κ2) is 17.2. The summed E-state index contributed by atoms with van der Waals surface area (Å²) in [5.74, 6) is -0.167. The number of hydrogen-bond donors (Lipinski definition) is 10. The fraction of sp³-hybridized carbons (Fsp3) is 0.956. The molecule has 18 heteroatoms. The van der Waals surface area contributed by atoms with Crippen molar-refractivity contribution >= 4 is 0 Å². The summed E-state index contributed by atoms with van der Waals surface area (Å²) in [5, 5.41) is 107. The van der Waals surface area contributed by atoms with Gasteiger partial charge in [-0.25, -0.2) is 0 Å². The molecule has 9 aliphatic rings. The Morgan fingerprint density at radius 2 is 1.37 bits per heavy atom. The van der Waals surface area contributed by atoms with Crippen molar-refractivity contribution in [2.75, 3.05) is 13.2 Å². The van der Waals surface area contributed by atoms with E-state index in [2.05, 4.69) is 26.8 Å². The first-order valence-corrected chi connectivity index (χ1v) is 23.4. The van der Waals surface area contributed by atoms with Crippen molar-refractivity contribution in [3.63, 3.8) is 0 Å². The average molecular weight is 901 g/mol. The first kappa shape index (κ1) is 47.1. The predicted octanol–water partition coefficient (Wildman–Crippen LogP) is -0.817. The van der Waals surface area contributed by atoms with Crippen LogP contribution in [0.3, 0.4) is 0 Å². The summed E-state index contributed by atoms with van der Waals surface area (Å²) in [6.45, 7) is 11.7. The molecule has 63 heavy (non-hydrogen) atoms. The number of aliphatic hydroxyl groups excluding tert-OH is 10. The Kier molecular flexibility index (Phi) is 12.9. The Balaban J connectivity index is 0.929. The monoisotopic (exact) mass is 900 g/mol. The minimum absolute atomic E-state index is 0.0168. The number of ether oxygens (including phenoxy) is 8. The zero-order valence-corrected chi connectivity index (χ0v) is 37.1. The van der Waals surface area contributed by atoms with Crippen LogP contribution in [0.1, 0.15) is 86.5 Å². The van der Waals surface area contributed by atoms with Crippen molar-refractivity contribution in [3.05, 3.63) is 11.6 Å². The number of rotatable bonds is 7. The first-order valence-electron chi connectivity index (χ1n) is 23.4. The lowest BCUT2D eigenvalue weighted by Gasteiger charge is -2.60. The second-order valence-corrected chi connectivity index (χ2v) is 21.2. The SMILES string of the molecule is C[C@@H]1CO[C@]2(C[C@@H]1O[C@@H]1O[C@@H](CO)[C@@H](O)[C@H](O)[C@H]1O)OC1C[C@H]3[C@@H]4CC=C5C[C@@H](O)C[C@@H](O[C@@H]6O[C@H](C)[C@H](O)[C@H](O)[C@H]6O[C@@H]6O[C@@H](C)[C@H](O)[C@@H](O)[C@H]6O)[C@]5(C)[C@H]4CC[C@]3(C)C1[C@@H]2C. The van der Waals surface area contributed by atoms with E-state index < -0.39 is 128 Å². The van der Waals surface area contributed by atoms with Crippen LogP contribution < -0.4 is 0 Å². The topological polar surface area (TPSA) is 276 Å². The van der Waals surface area contributed by atoms with Crippen molar-refractivity contribution in [1.82, 2.24) is 0 Å². The van der Waals surface area contributed by atoms with Gasteiger partial charge < -0.3 is 89.0 Å². The molecular formula is C45H72O18. The van der Waals surface area contributed by atoms with Crippen molar-refractivity contribution in [1.29, 1.82) is 0 Å². The Morgan fingerprint density at radius 3 is 2.06 bits per heavy atom. The van der Waals surface area contributed by atoms with Crippen molar-refractivity contribution in [2.24, 2.45) is 46.3 Å². The van der Waals surface area contributed by atoms with Gasteiger partial charge in [0.2, 0.25) is 0 Å². The Labute approximate surface area is 368 Å². The van der Waals surface area contributed by atoms with E-state index in [0.717, 1.165) is 31.3 Å². The van der Waals surface area contributed by atoms with Crippen LogP contribution in [0.4, 0.5) is 0 Å². The van der Waals surface area contributed by atoms with Gasteiger partial charge in [-0.15, -0.1) is 0 Å². The van der Waals surface area contributed by atoms with Gasteiger partial charge in [-0.1, -0.05) is 39.3 Å². The molecule has 28 atom stereocenters. The fourth-order valence-electron chi connectivity index (χ4n) is 14.1. The Morgan fingerprint density at radius 1 is 0.714 bits per heavy atom. The maximum atomic E-state index is 11.4. The maximum absolute atomic E-state index is 11.4. The average Bonchev–Trinajstić information content (AvgIpc) is 3.69. The summed E-state index contributed by atoms with van der Waals surface area (Å²) < 4.78 is 50.8. The van der Waals surface area contributed by atoms with Gasteiger partial charge in [-0.05, 0) is 75.0 Å². The van der Waals surface area contributed by atoms with Gasteiger partial charge in [0.05, 0.1) is 49.8 Å². The summed E-state index contributed by atoms with van der Waals surface area (Å²) >= 11 is 0. The van der Waals surface area contributed by atoms with Crippen LogP contribution in [0.2, 0.25) is 0 Å². The van der Waals surface area contributed by atoms with E-state index in [-0.39, 0.29) is 41.1 Å². The first-order chi connectivity index (χ1) is 29.7. The minimum Gasteiger partial charge on any atom is -0.394 e. The standard InChI is InChI=1S/C45H72O18/c1-17-16-56-45(14-27(17)59-41-38(55)35(52)33(50)28(15-46)60-41)18(2)30-26(63-45)13-25-23-8-7-21-11-22(47)12-29(44(21,6)24(23)9-10-43(25,30)5)61-42-39(36(53)32(49)20(4)58-42)62-40-37(54)34(51)31(48)19(3)57-40/h7,17-20,22-42,46-55H,8-16H2,1-6H3/t17-,18+,19+,20-,22-,23-,24+,25+,26?,27+,28+,29-,30?,31+,32+,33-,34-,35+,36+,37-,38-,39-,40+,41-,42+,43+,44+,45-/m1/s1. The third-order valence-electron chi connectivity index (χ3n) is 17.9. The lowest BCUT2D eigenvalue weighted by atomic mass is 9.46. The van der Waals surface area contributed by atoms with Crippen LogP contribution in [0, 0.1) is 46.3 Å². The number of aliphatic hydroxyl groups is 10. The molecule has 5 aliphatic heterocycles. The molecule has 0 aromatic heterocycles. The molecule has 0 radical (unpaired) electrons.